The lowest BCUT2D eigenvalue weighted by atomic mass is 10.0. The smallest absolute Gasteiger partial charge is 0.225 e. The Morgan fingerprint density at radius 2 is 2.38 bits per heavy atom. The Morgan fingerprint density at radius 3 is 2.92 bits per heavy atom. The number of rotatable bonds is 3. The topological polar surface area (TPSA) is 41.1 Å². The van der Waals surface area contributed by atoms with Crippen molar-refractivity contribution in [1.82, 2.24) is 10.6 Å². The minimum absolute atomic E-state index is 0.244. The molecule has 3 nitrogen and oxygen atoms in total. The van der Waals surface area contributed by atoms with Gasteiger partial charge in [0.2, 0.25) is 5.91 Å². The maximum Gasteiger partial charge on any atom is 0.225 e. The van der Waals surface area contributed by atoms with Crippen molar-refractivity contribution < 1.29 is 4.79 Å². The molecule has 2 fully saturated rings. The van der Waals surface area contributed by atoms with Crippen molar-refractivity contribution in [2.24, 2.45) is 11.8 Å². The summed E-state index contributed by atoms with van der Waals surface area (Å²) in [6.45, 7) is 2.62. The lowest BCUT2D eigenvalue weighted by Crippen LogP contribution is -2.51. The molecule has 74 valence electrons. The molecule has 0 saturated carbocycles. The Kier molecular flexibility index (Phi) is 3.11. The minimum Gasteiger partial charge on any atom is -0.355 e. The number of amides is 1. The van der Waals surface area contributed by atoms with E-state index in [2.05, 4.69) is 10.6 Å². The first kappa shape index (κ1) is 9.34. The highest BCUT2D eigenvalue weighted by Crippen LogP contribution is 2.22. The number of carbonyl (C=O) groups excluding carboxylic acids is 1. The van der Waals surface area contributed by atoms with Gasteiger partial charge >= 0.3 is 0 Å². The van der Waals surface area contributed by atoms with Gasteiger partial charge < -0.3 is 10.6 Å². The highest BCUT2D eigenvalue weighted by molar-refractivity contribution is 7.99. The molecular formula is C9H16N2OS. The normalized spacial score (nSPS) is 28.5. The fourth-order valence-electron chi connectivity index (χ4n) is 1.61. The van der Waals surface area contributed by atoms with E-state index in [0.29, 0.717) is 0 Å². The van der Waals surface area contributed by atoms with Gasteiger partial charge in [0.15, 0.2) is 0 Å². The van der Waals surface area contributed by atoms with E-state index in [-0.39, 0.29) is 11.8 Å². The van der Waals surface area contributed by atoms with Crippen LogP contribution in [-0.4, -0.2) is 37.0 Å². The summed E-state index contributed by atoms with van der Waals surface area (Å²) < 4.78 is 0. The van der Waals surface area contributed by atoms with Gasteiger partial charge in [0.25, 0.3) is 0 Å². The highest BCUT2D eigenvalue weighted by atomic mass is 32.2. The molecule has 0 aromatic rings. The standard InChI is InChI=1S/C9H16N2OS/c12-9(8-4-10-5-8)11-3-7-1-2-13-6-7/h7-8,10H,1-6H2,(H,11,12). The van der Waals surface area contributed by atoms with Crippen molar-refractivity contribution in [3.05, 3.63) is 0 Å². The summed E-state index contributed by atoms with van der Waals surface area (Å²) in [5.74, 6) is 3.71. The molecule has 0 bridgehead atoms. The van der Waals surface area contributed by atoms with Crippen molar-refractivity contribution in [2.45, 2.75) is 6.42 Å². The second kappa shape index (κ2) is 4.33. The number of thioether (sulfide) groups is 1. The summed E-state index contributed by atoms with van der Waals surface area (Å²) >= 11 is 2.00. The van der Waals surface area contributed by atoms with Crippen LogP contribution in [0.2, 0.25) is 0 Å². The number of nitrogens with one attached hydrogen (secondary N) is 2. The summed E-state index contributed by atoms with van der Waals surface area (Å²) in [7, 11) is 0. The molecular weight excluding hydrogens is 184 g/mol. The van der Waals surface area contributed by atoms with Gasteiger partial charge in [0.1, 0.15) is 0 Å². The molecule has 0 spiro atoms. The Labute approximate surface area is 83.0 Å². The van der Waals surface area contributed by atoms with Crippen LogP contribution < -0.4 is 10.6 Å². The summed E-state index contributed by atoms with van der Waals surface area (Å²) in [6.07, 6.45) is 1.27. The van der Waals surface area contributed by atoms with Crippen LogP contribution in [-0.2, 0) is 4.79 Å². The van der Waals surface area contributed by atoms with Crippen LogP contribution in [0.25, 0.3) is 0 Å². The second-order valence-electron chi connectivity index (χ2n) is 3.83. The quantitative estimate of drug-likeness (QED) is 0.677. The van der Waals surface area contributed by atoms with Gasteiger partial charge in [-0.15, -0.1) is 0 Å². The van der Waals surface area contributed by atoms with Crippen LogP contribution in [0.4, 0.5) is 0 Å². The molecule has 2 rings (SSSR count). The van der Waals surface area contributed by atoms with E-state index in [1.807, 2.05) is 11.8 Å². The van der Waals surface area contributed by atoms with Crippen LogP contribution >= 0.6 is 11.8 Å². The largest absolute Gasteiger partial charge is 0.355 e. The predicted octanol–water partition coefficient (Wildman–Crippen LogP) is 0.0751. The van der Waals surface area contributed by atoms with Crippen molar-refractivity contribution in [2.75, 3.05) is 31.1 Å². The highest BCUT2D eigenvalue weighted by Gasteiger charge is 2.25. The van der Waals surface area contributed by atoms with E-state index < -0.39 is 0 Å². The summed E-state index contributed by atoms with van der Waals surface area (Å²) in [5.41, 5.74) is 0. The van der Waals surface area contributed by atoms with Gasteiger partial charge in [0.05, 0.1) is 5.92 Å². The molecule has 13 heavy (non-hydrogen) atoms. The Bertz CT molecular complexity index is 188. The number of carbonyl (C=O) groups is 1. The van der Waals surface area contributed by atoms with Gasteiger partial charge in [-0.3, -0.25) is 4.79 Å². The SMILES string of the molecule is O=C(NCC1CCSC1)C1CNC1. The van der Waals surface area contributed by atoms with Gasteiger partial charge in [-0.05, 0) is 23.8 Å². The average molecular weight is 200 g/mol. The molecule has 2 saturated heterocycles. The van der Waals surface area contributed by atoms with Gasteiger partial charge in [-0.2, -0.15) is 11.8 Å². The Morgan fingerprint density at radius 1 is 1.54 bits per heavy atom. The van der Waals surface area contributed by atoms with Crippen molar-refractivity contribution in [3.8, 4) is 0 Å². The third-order valence-electron chi connectivity index (χ3n) is 2.74. The van der Waals surface area contributed by atoms with E-state index in [0.717, 1.165) is 25.6 Å². The van der Waals surface area contributed by atoms with Crippen LogP contribution in [0.3, 0.4) is 0 Å². The molecule has 0 aromatic carbocycles. The fraction of sp³-hybridized carbons (Fsp3) is 0.889. The average Bonchev–Trinajstić information content (AvgIpc) is 2.49. The zero-order chi connectivity index (χ0) is 9.10. The van der Waals surface area contributed by atoms with Crippen molar-refractivity contribution >= 4 is 17.7 Å². The van der Waals surface area contributed by atoms with E-state index in [1.165, 1.54) is 17.9 Å². The Hall–Kier alpha value is -0.220. The van der Waals surface area contributed by atoms with Crippen molar-refractivity contribution in [1.29, 1.82) is 0 Å². The third kappa shape index (κ3) is 2.38. The molecule has 1 atom stereocenters. The lowest BCUT2D eigenvalue weighted by Gasteiger charge is -2.26. The third-order valence-corrected chi connectivity index (χ3v) is 3.97. The molecule has 2 aliphatic rings. The van der Waals surface area contributed by atoms with Crippen LogP contribution in [0, 0.1) is 11.8 Å². The fourth-order valence-corrected chi connectivity index (χ4v) is 2.89. The summed E-state index contributed by atoms with van der Waals surface area (Å²) in [5, 5.41) is 6.14. The van der Waals surface area contributed by atoms with Gasteiger partial charge in [-0.25, -0.2) is 0 Å². The van der Waals surface area contributed by atoms with Gasteiger partial charge in [-0.1, -0.05) is 0 Å². The maximum atomic E-state index is 11.4. The molecule has 0 aromatic heterocycles. The first-order chi connectivity index (χ1) is 6.36. The molecule has 2 aliphatic heterocycles. The zero-order valence-electron chi connectivity index (χ0n) is 7.71. The van der Waals surface area contributed by atoms with E-state index >= 15 is 0 Å². The van der Waals surface area contributed by atoms with Crippen molar-refractivity contribution in [3.63, 3.8) is 0 Å². The predicted molar refractivity (Wildman–Crippen MR) is 54.8 cm³/mol. The zero-order valence-corrected chi connectivity index (χ0v) is 8.53. The molecule has 4 heteroatoms. The monoisotopic (exact) mass is 200 g/mol. The number of hydrogen-bond donors (Lipinski definition) is 2. The van der Waals surface area contributed by atoms with E-state index in [9.17, 15) is 4.79 Å². The lowest BCUT2D eigenvalue weighted by molar-refractivity contribution is -0.126. The van der Waals surface area contributed by atoms with Crippen LogP contribution in [0.15, 0.2) is 0 Å². The van der Waals surface area contributed by atoms with E-state index in [4.69, 9.17) is 0 Å². The first-order valence-corrected chi connectivity index (χ1v) is 6.08. The maximum absolute atomic E-state index is 11.4. The molecule has 1 unspecified atom stereocenters. The molecule has 2 heterocycles. The summed E-state index contributed by atoms with van der Waals surface area (Å²) in [6, 6.07) is 0. The second-order valence-corrected chi connectivity index (χ2v) is 4.98. The molecule has 0 radical (unpaired) electrons. The van der Waals surface area contributed by atoms with E-state index in [1.54, 1.807) is 0 Å². The molecule has 0 aliphatic carbocycles. The molecule has 2 N–H and O–H groups in total. The number of hydrogen-bond acceptors (Lipinski definition) is 3. The molecule has 1 amide bonds. The first-order valence-electron chi connectivity index (χ1n) is 4.92. The summed E-state index contributed by atoms with van der Waals surface area (Å²) in [4.78, 5) is 11.4. The van der Waals surface area contributed by atoms with Crippen LogP contribution in [0.5, 0.6) is 0 Å². The van der Waals surface area contributed by atoms with Crippen LogP contribution in [0.1, 0.15) is 6.42 Å². The Balaban J connectivity index is 1.63. The van der Waals surface area contributed by atoms with Gasteiger partial charge in [0, 0.05) is 19.6 Å². The minimum atomic E-state index is 0.244.